The molecule has 2 heteroatoms. The zero-order valence-electron chi connectivity index (χ0n) is 14.7. The molecule has 2 nitrogen and oxygen atoms in total. The summed E-state index contributed by atoms with van der Waals surface area (Å²) in [5.74, 6) is 1.00. The molecule has 0 bridgehead atoms. The molecule has 0 aromatic rings. The lowest BCUT2D eigenvalue weighted by Gasteiger charge is -2.40. The van der Waals surface area contributed by atoms with Crippen LogP contribution in [-0.2, 0) is 4.74 Å². The Morgan fingerprint density at radius 2 is 1.95 bits per heavy atom. The van der Waals surface area contributed by atoms with E-state index in [1.165, 1.54) is 24.8 Å². The molecular formula is C19H36O2. The van der Waals surface area contributed by atoms with Gasteiger partial charge in [-0.15, -0.1) is 6.58 Å². The number of aliphatic hydroxyl groups excluding tert-OH is 1. The van der Waals surface area contributed by atoms with E-state index in [2.05, 4.69) is 34.3 Å². The minimum Gasteiger partial charge on any atom is -0.393 e. The lowest BCUT2D eigenvalue weighted by atomic mass is 9.76. The minimum absolute atomic E-state index is 0.179. The molecular weight excluding hydrogens is 260 g/mol. The summed E-state index contributed by atoms with van der Waals surface area (Å²) < 4.78 is 6.16. The van der Waals surface area contributed by atoms with E-state index in [-0.39, 0.29) is 11.7 Å². The first-order valence-corrected chi connectivity index (χ1v) is 8.79. The van der Waals surface area contributed by atoms with Crippen LogP contribution in [0.5, 0.6) is 0 Å². The molecule has 1 aliphatic carbocycles. The second-order valence-electron chi connectivity index (χ2n) is 7.65. The van der Waals surface area contributed by atoms with E-state index in [1.54, 1.807) is 0 Å². The third kappa shape index (κ3) is 6.97. The fourth-order valence-corrected chi connectivity index (χ4v) is 3.45. The monoisotopic (exact) mass is 296 g/mol. The first-order valence-electron chi connectivity index (χ1n) is 8.79. The van der Waals surface area contributed by atoms with Crippen LogP contribution in [0.25, 0.3) is 0 Å². The molecule has 0 aromatic heterocycles. The molecule has 0 aliphatic heterocycles. The summed E-state index contributed by atoms with van der Waals surface area (Å²) >= 11 is 0. The van der Waals surface area contributed by atoms with Gasteiger partial charge in [-0.3, -0.25) is 0 Å². The predicted molar refractivity (Wildman–Crippen MR) is 90.4 cm³/mol. The van der Waals surface area contributed by atoms with E-state index in [4.69, 9.17) is 4.74 Å². The van der Waals surface area contributed by atoms with Crippen LogP contribution < -0.4 is 0 Å². The van der Waals surface area contributed by atoms with E-state index in [0.717, 1.165) is 38.7 Å². The van der Waals surface area contributed by atoms with Gasteiger partial charge < -0.3 is 9.84 Å². The molecule has 1 fully saturated rings. The van der Waals surface area contributed by atoms with Gasteiger partial charge in [0.25, 0.3) is 0 Å². The number of hydrogen-bond donors (Lipinski definition) is 1. The van der Waals surface area contributed by atoms with Crippen molar-refractivity contribution in [3.8, 4) is 0 Å². The quantitative estimate of drug-likeness (QED) is 0.599. The highest BCUT2D eigenvalue weighted by molar-refractivity contribution is 4.88. The van der Waals surface area contributed by atoms with Crippen molar-refractivity contribution >= 4 is 0 Å². The molecule has 0 aromatic carbocycles. The maximum absolute atomic E-state index is 10.2. The lowest BCUT2D eigenvalue weighted by molar-refractivity contribution is -0.111. The molecule has 1 aliphatic rings. The number of ether oxygens (including phenoxy) is 1. The lowest BCUT2D eigenvalue weighted by Crippen LogP contribution is -2.43. The average molecular weight is 296 g/mol. The SMILES string of the molecule is C=C(C)CCCC(C)CCOC(C)(C)C1CCCCC1O. The number of rotatable bonds is 9. The van der Waals surface area contributed by atoms with Crippen molar-refractivity contribution in [3.05, 3.63) is 12.2 Å². The van der Waals surface area contributed by atoms with Crippen molar-refractivity contribution < 1.29 is 9.84 Å². The number of allylic oxidation sites excluding steroid dienone is 1. The van der Waals surface area contributed by atoms with Gasteiger partial charge in [0.2, 0.25) is 0 Å². The van der Waals surface area contributed by atoms with E-state index < -0.39 is 0 Å². The van der Waals surface area contributed by atoms with Crippen LogP contribution in [-0.4, -0.2) is 23.4 Å². The molecule has 0 saturated heterocycles. The highest BCUT2D eigenvalue weighted by Crippen LogP contribution is 2.35. The largest absolute Gasteiger partial charge is 0.393 e. The average Bonchev–Trinajstić information content (AvgIpc) is 2.38. The second kappa shape index (κ2) is 8.95. The Bertz CT molecular complexity index is 309. The van der Waals surface area contributed by atoms with Crippen molar-refractivity contribution in [2.75, 3.05) is 6.61 Å². The molecule has 0 heterocycles. The Morgan fingerprint density at radius 1 is 1.29 bits per heavy atom. The van der Waals surface area contributed by atoms with Gasteiger partial charge in [0.15, 0.2) is 0 Å². The summed E-state index contributed by atoms with van der Waals surface area (Å²) in [5, 5.41) is 10.2. The van der Waals surface area contributed by atoms with Crippen molar-refractivity contribution in [1.82, 2.24) is 0 Å². The Hall–Kier alpha value is -0.340. The maximum atomic E-state index is 10.2. The van der Waals surface area contributed by atoms with Crippen molar-refractivity contribution in [2.45, 2.75) is 90.8 Å². The summed E-state index contributed by atoms with van der Waals surface area (Å²) in [6.45, 7) is 13.5. The van der Waals surface area contributed by atoms with Gasteiger partial charge in [-0.05, 0) is 58.8 Å². The maximum Gasteiger partial charge on any atom is 0.0679 e. The summed E-state index contributed by atoms with van der Waals surface area (Å²) in [7, 11) is 0. The van der Waals surface area contributed by atoms with Gasteiger partial charge in [-0.25, -0.2) is 0 Å². The molecule has 3 atom stereocenters. The highest BCUT2D eigenvalue weighted by atomic mass is 16.5. The third-order valence-corrected chi connectivity index (χ3v) is 5.01. The van der Waals surface area contributed by atoms with E-state index in [9.17, 15) is 5.11 Å². The normalized spacial score (nSPS) is 24.8. The van der Waals surface area contributed by atoms with Crippen LogP contribution in [0.15, 0.2) is 12.2 Å². The predicted octanol–water partition coefficient (Wildman–Crippen LogP) is 5.11. The Kier molecular flexibility index (Phi) is 7.97. The van der Waals surface area contributed by atoms with Crippen LogP contribution in [0.2, 0.25) is 0 Å². The molecule has 0 radical (unpaired) electrons. The molecule has 124 valence electrons. The number of aliphatic hydroxyl groups is 1. The minimum atomic E-state index is -0.197. The van der Waals surface area contributed by atoms with E-state index >= 15 is 0 Å². The van der Waals surface area contributed by atoms with E-state index in [1.807, 2.05) is 0 Å². The van der Waals surface area contributed by atoms with Gasteiger partial charge in [0.05, 0.1) is 11.7 Å². The fourth-order valence-electron chi connectivity index (χ4n) is 3.45. The molecule has 21 heavy (non-hydrogen) atoms. The molecule has 1 rings (SSSR count). The molecule has 0 spiro atoms. The van der Waals surface area contributed by atoms with Crippen molar-refractivity contribution in [2.24, 2.45) is 11.8 Å². The van der Waals surface area contributed by atoms with Gasteiger partial charge in [-0.2, -0.15) is 0 Å². The van der Waals surface area contributed by atoms with Gasteiger partial charge in [-0.1, -0.05) is 31.8 Å². The van der Waals surface area contributed by atoms with Crippen LogP contribution in [0, 0.1) is 11.8 Å². The van der Waals surface area contributed by atoms with Crippen molar-refractivity contribution in [1.29, 1.82) is 0 Å². The van der Waals surface area contributed by atoms with Crippen molar-refractivity contribution in [3.63, 3.8) is 0 Å². The van der Waals surface area contributed by atoms with Gasteiger partial charge >= 0.3 is 0 Å². The fraction of sp³-hybridized carbons (Fsp3) is 0.895. The number of hydrogen-bond acceptors (Lipinski definition) is 2. The van der Waals surface area contributed by atoms with E-state index in [0.29, 0.717) is 11.8 Å². The zero-order chi connectivity index (χ0) is 15.9. The standard InChI is InChI=1S/C19H36O2/c1-15(2)9-8-10-16(3)13-14-21-19(4,5)17-11-6-7-12-18(17)20/h16-18,20H,1,6-14H2,2-5H3. The summed E-state index contributed by atoms with van der Waals surface area (Å²) in [6, 6.07) is 0. The molecule has 3 unspecified atom stereocenters. The first kappa shape index (κ1) is 18.7. The second-order valence-corrected chi connectivity index (χ2v) is 7.65. The first-order chi connectivity index (χ1) is 9.83. The third-order valence-electron chi connectivity index (χ3n) is 5.01. The van der Waals surface area contributed by atoms with Crippen LogP contribution >= 0.6 is 0 Å². The van der Waals surface area contributed by atoms with Crippen LogP contribution in [0.1, 0.15) is 79.1 Å². The molecule has 1 N–H and O–H groups in total. The molecule has 0 amide bonds. The molecule has 1 saturated carbocycles. The Morgan fingerprint density at radius 3 is 2.57 bits per heavy atom. The zero-order valence-corrected chi connectivity index (χ0v) is 14.7. The van der Waals surface area contributed by atoms with Crippen LogP contribution in [0.3, 0.4) is 0 Å². The van der Waals surface area contributed by atoms with Gasteiger partial charge in [0.1, 0.15) is 0 Å². The topological polar surface area (TPSA) is 29.5 Å². The van der Waals surface area contributed by atoms with Crippen LogP contribution in [0.4, 0.5) is 0 Å². The Balaban J connectivity index is 2.24. The summed E-state index contributed by atoms with van der Waals surface area (Å²) in [5.41, 5.74) is 1.09. The summed E-state index contributed by atoms with van der Waals surface area (Å²) in [4.78, 5) is 0. The van der Waals surface area contributed by atoms with Gasteiger partial charge in [0, 0.05) is 12.5 Å². The smallest absolute Gasteiger partial charge is 0.0679 e. The summed E-state index contributed by atoms with van der Waals surface area (Å²) in [6.07, 6.45) is 9.00. The Labute approximate surface area is 132 Å². The highest BCUT2D eigenvalue weighted by Gasteiger charge is 2.37.